The zero-order valence-corrected chi connectivity index (χ0v) is 9.74. The molecule has 2 atom stereocenters. The summed E-state index contributed by atoms with van der Waals surface area (Å²) in [6, 6.07) is 5.47. The molecule has 1 heterocycles. The average molecular weight is 271 g/mol. The minimum atomic E-state index is -0.444. The van der Waals surface area contributed by atoms with Gasteiger partial charge in [-0.05, 0) is 24.6 Å². The Kier molecular flexibility index (Phi) is 2.67. The van der Waals surface area contributed by atoms with E-state index in [1.807, 2.05) is 12.1 Å². The molecular weight excluding hydrogens is 260 g/mol. The number of carbonyl (C=O) groups excluding carboxylic acids is 1. The predicted octanol–water partition coefficient (Wildman–Crippen LogP) is 1.76. The minimum Gasteiger partial charge on any atom is -0.479 e. The maximum atomic E-state index is 11.4. The van der Waals surface area contributed by atoms with Crippen LogP contribution in [0, 0.1) is 0 Å². The Morgan fingerprint density at radius 1 is 1.60 bits per heavy atom. The van der Waals surface area contributed by atoms with Crippen LogP contribution in [0.3, 0.4) is 0 Å². The summed E-state index contributed by atoms with van der Waals surface area (Å²) in [7, 11) is 0. The molecule has 0 saturated heterocycles. The summed E-state index contributed by atoms with van der Waals surface area (Å²) in [6.45, 7) is 1.71. The summed E-state index contributed by atoms with van der Waals surface area (Å²) in [5, 5.41) is 2.76. The molecular formula is C10H11BrN2O2. The first-order valence-corrected chi connectivity index (χ1v) is 5.50. The number of hydrogen-bond donors (Lipinski definition) is 2. The van der Waals surface area contributed by atoms with Gasteiger partial charge in [-0.3, -0.25) is 4.79 Å². The van der Waals surface area contributed by atoms with Crippen molar-refractivity contribution in [1.82, 2.24) is 0 Å². The molecule has 1 aromatic carbocycles. The van der Waals surface area contributed by atoms with E-state index >= 15 is 0 Å². The van der Waals surface area contributed by atoms with Gasteiger partial charge in [-0.1, -0.05) is 22.0 Å². The van der Waals surface area contributed by atoms with Gasteiger partial charge < -0.3 is 15.8 Å². The third kappa shape index (κ3) is 1.98. The van der Waals surface area contributed by atoms with Crippen LogP contribution in [0.5, 0.6) is 5.75 Å². The van der Waals surface area contributed by atoms with Crippen LogP contribution in [0.4, 0.5) is 5.69 Å². The predicted molar refractivity (Wildman–Crippen MR) is 61.0 cm³/mol. The summed E-state index contributed by atoms with van der Waals surface area (Å²) in [4.78, 5) is 11.1. The summed E-state index contributed by atoms with van der Waals surface area (Å²) in [5.74, 6) is 0.543. The van der Waals surface area contributed by atoms with Gasteiger partial charge in [-0.2, -0.15) is 0 Å². The Morgan fingerprint density at radius 3 is 3.00 bits per heavy atom. The molecule has 0 radical (unpaired) electrons. The number of halogens is 1. The number of anilines is 1. The number of nitrogens with one attached hydrogen (secondary N) is 1. The van der Waals surface area contributed by atoms with Crippen LogP contribution in [0.1, 0.15) is 17.4 Å². The molecule has 1 aliphatic heterocycles. The minimum absolute atomic E-state index is 0.136. The van der Waals surface area contributed by atoms with Crippen LogP contribution < -0.4 is 15.8 Å². The number of alkyl halides is 1. The van der Waals surface area contributed by atoms with Crippen molar-refractivity contribution in [2.45, 2.75) is 18.0 Å². The molecule has 1 aromatic rings. The third-order valence-corrected chi connectivity index (χ3v) is 2.78. The Morgan fingerprint density at radius 2 is 2.33 bits per heavy atom. The van der Waals surface area contributed by atoms with Gasteiger partial charge in [0.15, 0.2) is 6.10 Å². The highest BCUT2D eigenvalue weighted by Crippen LogP contribution is 2.32. The molecule has 2 unspecified atom stereocenters. The van der Waals surface area contributed by atoms with E-state index < -0.39 is 6.10 Å². The number of rotatable bonds is 1. The molecule has 0 fully saturated rings. The van der Waals surface area contributed by atoms with Gasteiger partial charge >= 0.3 is 0 Å². The average Bonchev–Trinajstić information content (AvgIpc) is 2.19. The fourth-order valence-corrected chi connectivity index (χ4v) is 1.68. The fourth-order valence-electron chi connectivity index (χ4n) is 1.40. The zero-order valence-electron chi connectivity index (χ0n) is 8.16. The summed E-state index contributed by atoms with van der Waals surface area (Å²) in [6.07, 6.45) is -0.444. The second-order valence-electron chi connectivity index (χ2n) is 3.41. The SMILES string of the molecule is CC1Oc2ccc(C(N)Br)cc2NC1=O. The third-order valence-electron chi connectivity index (χ3n) is 2.25. The van der Waals surface area contributed by atoms with Crippen molar-refractivity contribution >= 4 is 27.5 Å². The zero-order chi connectivity index (χ0) is 11.0. The van der Waals surface area contributed by atoms with Crippen LogP contribution in [-0.4, -0.2) is 12.0 Å². The number of amides is 1. The standard InChI is InChI=1S/C10H11BrN2O2/c1-5-10(14)13-7-4-6(9(11)12)2-3-8(7)15-5/h2-5,9H,12H2,1H3,(H,13,14). The number of carbonyl (C=O) groups is 1. The number of nitrogens with two attached hydrogens (primary N) is 1. The van der Waals surface area contributed by atoms with Crippen molar-refractivity contribution in [2.24, 2.45) is 5.73 Å². The largest absolute Gasteiger partial charge is 0.479 e. The molecule has 80 valence electrons. The molecule has 15 heavy (non-hydrogen) atoms. The van der Waals surface area contributed by atoms with E-state index in [2.05, 4.69) is 21.2 Å². The van der Waals surface area contributed by atoms with Crippen LogP contribution in [0.15, 0.2) is 18.2 Å². The van der Waals surface area contributed by atoms with Crippen LogP contribution in [-0.2, 0) is 4.79 Å². The van der Waals surface area contributed by atoms with Gasteiger partial charge in [0, 0.05) is 0 Å². The van der Waals surface area contributed by atoms with Gasteiger partial charge in [0.05, 0.1) is 10.6 Å². The summed E-state index contributed by atoms with van der Waals surface area (Å²) >= 11 is 3.26. The molecule has 0 aliphatic carbocycles. The first-order chi connectivity index (χ1) is 7.08. The van der Waals surface area contributed by atoms with Gasteiger partial charge in [-0.25, -0.2) is 0 Å². The van der Waals surface area contributed by atoms with Gasteiger partial charge in [0.1, 0.15) is 5.75 Å². The van der Waals surface area contributed by atoms with Crippen LogP contribution >= 0.6 is 15.9 Å². The van der Waals surface area contributed by atoms with E-state index in [1.165, 1.54) is 0 Å². The molecule has 2 rings (SSSR count). The van der Waals surface area contributed by atoms with Crippen LogP contribution in [0.2, 0.25) is 0 Å². The fraction of sp³-hybridized carbons (Fsp3) is 0.300. The lowest BCUT2D eigenvalue weighted by atomic mass is 10.1. The maximum Gasteiger partial charge on any atom is 0.265 e. The highest BCUT2D eigenvalue weighted by atomic mass is 79.9. The smallest absolute Gasteiger partial charge is 0.265 e. The van der Waals surface area contributed by atoms with Gasteiger partial charge in [0.2, 0.25) is 0 Å². The number of hydrogen-bond acceptors (Lipinski definition) is 3. The Hall–Kier alpha value is -1.07. The molecule has 5 heteroatoms. The van der Waals surface area contributed by atoms with E-state index in [-0.39, 0.29) is 10.9 Å². The van der Waals surface area contributed by atoms with E-state index in [1.54, 1.807) is 13.0 Å². The molecule has 0 spiro atoms. The van der Waals surface area contributed by atoms with Crippen molar-refractivity contribution in [3.63, 3.8) is 0 Å². The molecule has 0 saturated carbocycles. The first-order valence-electron chi connectivity index (χ1n) is 4.59. The highest BCUT2D eigenvalue weighted by molar-refractivity contribution is 9.09. The van der Waals surface area contributed by atoms with Crippen molar-refractivity contribution < 1.29 is 9.53 Å². The second-order valence-corrected chi connectivity index (χ2v) is 4.39. The van der Waals surface area contributed by atoms with E-state index in [4.69, 9.17) is 10.5 Å². The molecule has 0 aromatic heterocycles. The summed E-state index contributed by atoms with van der Waals surface area (Å²) < 4.78 is 5.41. The molecule has 0 bridgehead atoms. The molecule has 1 amide bonds. The van der Waals surface area contributed by atoms with Crippen molar-refractivity contribution in [3.05, 3.63) is 23.8 Å². The molecule has 4 nitrogen and oxygen atoms in total. The van der Waals surface area contributed by atoms with Crippen molar-refractivity contribution in [3.8, 4) is 5.75 Å². The monoisotopic (exact) mass is 270 g/mol. The lowest BCUT2D eigenvalue weighted by molar-refractivity contribution is -0.122. The molecule has 1 aliphatic rings. The first kappa shape index (κ1) is 10.4. The number of ether oxygens (including phenoxy) is 1. The Bertz CT molecular complexity index is 406. The van der Waals surface area contributed by atoms with E-state index in [0.29, 0.717) is 11.4 Å². The van der Waals surface area contributed by atoms with Gasteiger partial charge in [-0.15, -0.1) is 0 Å². The quantitative estimate of drug-likeness (QED) is 0.604. The number of benzene rings is 1. The van der Waals surface area contributed by atoms with E-state index in [9.17, 15) is 4.79 Å². The lowest BCUT2D eigenvalue weighted by Gasteiger charge is -2.23. The second kappa shape index (κ2) is 3.83. The van der Waals surface area contributed by atoms with Crippen molar-refractivity contribution in [1.29, 1.82) is 0 Å². The normalized spacial score (nSPS) is 21.3. The van der Waals surface area contributed by atoms with E-state index in [0.717, 1.165) is 5.56 Å². The maximum absolute atomic E-state index is 11.4. The summed E-state index contributed by atoms with van der Waals surface area (Å²) in [5.41, 5.74) is 7.24. The van der Waals surface area contributed by atoms with Crippen molar-refractivity contribution in [2.75, 3.05) is 5.32 Å². The van der Waals surface area contributed by atoms with Crippen LogP contribution in [0.25, 0.3) is 0 Å². The highest BCUT2D eigenvalue weighted by Gasteiger charge is 2.23. The molecule has 3 N–H and O–H groups in total. The Balaban J connectivity index is 2.37. The number of fused-ring (bicyclic) bond motifs is 1. The topological polar surface area (TPSA) is 64.3 Å². The lowest BCUT2D eigenvalue weighted by Crippen LogP contribution is -2.34. The Labute approximate surface area is 95.9 Å². The van der Waals surface area contributed by atoms with Gasteiger partial charge in [0.25, 0.3) is 5.91 Å².